The Kier molecular flexibility index (Phi) is 24.3. The first-order chi connectivity index (χ1) is 23.9. The van der Waals surface area contributed by atoms with E-state index in [1.165, 1.54) is 22.3 Å². The van der Waals surface area contributed by atoms with E-state index in [1.807, 2.05) is 26.8 Å². The second kappa shape index (κ2) is 25.0. The van der Waals surface area contributed by atoms with Gasteiger partial charge in [-0.1, -0.05) is 46.6 Å². The highest BCUT2D eigenvalue weighted by molar-refractivity contribution is 5.07. The van der Waals surface area contributed by atoms with E-state index in [4.69, 9.17) is 5.11 Å². The molecule has 0 amide bonds. The number of hydrogen-bond donors (Lipinski definition) is 7. The zero-order valence-corrected chi connectivity index (χ0v) is 35.4. The van der Waals surface area contributed by atoms with Gasteiger partial charge in [0.25, 0.3) is 0 Å². The van der Waals surface area contributed by atoms with Crippen molar-refractivity contribution in [2.24, 2.45) is 0 Å². The van der Waals surface area contributed by atoms with Gasteiger partial charge in [0.15, 0.2) is 0 Å². The highest BCUT2D eigenvalue weighted by atomic mass is 16.3. The van der Waals surface area contributed by atoms with Gasteiger partial charge in [-0.05, 0) is 198 Å². The summed E-state index contributed by atoms with van der Waals surface area (Å²) >= 11 is 0. The lowest BCUT2D eigenvalue weighted by Crippen LogP contribution is -2.38. The summed E-state index contributed by atoms with van der Waals surface area (Å²) in [7, 11) is 0. The van der Waals surface area contributed by atoms with Crippen molar-refractivity contribution in [3.05, 3.63) is 46.6 Å². The molecule has 7 N–H and O–H groups in total. The van der Waals surface area contributed by atoms with Gasteiger partial charge in [-0.25, -0.2) is 0 Å². The molecule has 0 saturated heterocycles. The fraction of sp³-hybridized carbons (Fsp3) is 0.822. The second-order valence-electron chi connectivity index (χ2n) is 18.1. The Morgan fingerprint density at radius 3 is 1.06 bits per heavy atom. The summed E-state index contributed by atoms with van der Waals surface area (Å²) in [6, 6.07) is 0. The molecule has 7 nitrogen and oxygen atoms in total. The minimum Gasteiger partial charge on any atom is -0.392 e. The molecule has 0 spiro atoms. The van der Waals surface area contributed by atoms with Gasteiger partial charge in [-0.3, -0.25) is 0 Å². The van der Waals surface area contributed by atoms with E-state index in [0.29, 0.717) is 64.2 Å². The Balaban J connectivity index is 4.33. The summed E-state index contributed by atoms with van der Waals surface area (Å²) in [6.07, 6.45) is 23.1. The molecule has 52 heavy (non-hydrogen) atoms. The predicted octanol–water partition coefficient (Wildman–Crippen LogP) is 9.70. The van der Waals surface area contributed by atoms with Crippen molar-refractivity contribution in [2.75, 3.05) is 6.61 Å². The Hall–Kier alpha value is -1.32. The van der Waals surface area contributed by atoms with E-state index < -0.39 is 34.1 Å². The predicted molar refractivity (Wildman–Crippen MR) is 219 cm³/mol. The van der Waals surface area contributed by atoms with Crippen LogP contribution in [0.25, 0.3) is 0 Å². The summed E-state index contributed by atoms with van der Waals surface area (Å²) in [4.78, 5) is 0. The van der Waals surface area contributed by atoms with Crippen molar-refractivity contribution in [1.82, 2.24) is 0 Å². The minimum atomic E-state index is -1.20. The second-order valence-corrected chi connectivity index (χ2v) is 18.1. The minimum absolute atomic E-state index is 0.122. The van der Waals surface area contributed by atoms with Crippen molar-refractivity contribution < 1.29 is 35.7 Å². The summed E-state index contributed by atoms with van der Waals surface area (Å²) in [5, 5.41) is 72.6. The van der Waals surface area contributed by atoms with Gasteiger partial charge in [-0.15, -0.1) is 0 Å². The lowest BCUT2D eigenvalue weighted by Gasteiger charge is -2.31. The third-order valence-corrected chi connectivity index (χ3v) is 10.9. The van der Waals surface area contributed by atoms with E-state index in [9.17, 15) is 30.6 Å². The van der Waals surface area contributed by atoms with Gasteiger partial charge in [0.1, 0.15) is 0 Å². The SMILES string of the molecule is CC(=CCO)CCC=C(C)CCC=C(C)CCC=C(C)CCCC(C)(O)CCCC(C)(O)CCCC(C)(O)CCCC(C)(O)CCC(O)C(C)(C)O. The monoisotopic (exact) mass is 737 g/mol. The summed E-state index contributed by atoms with van der Waals surface area (Å²) in [5.74, 6) is 0. The molecular formula is C45H84O7. The molecule has 0 aliphatic rings. The van der Waals surface area contributed by atoms with E-state index in [1.54, 1.807) is 20.8 Å². The molecule has 0 aromatic carbocycles. The molecule has 0 aliphatic carbocycles. The molecule has 0 aromatic rings. The van der Waals surface area contributed by atoms with Gasteiger partial charge in [0.2, 0.25) is 0 Å². The first kappa shape index (κ1) is 50.7. The molecule has 5 unspecified atom stereocenters. The van der Waals surface area contributed by atoms with Crippen LogP contribution >= 0.6 is 0 Å². The van der Waals surface area contributed by atoms with Crippen LogP contribution in [-0.2, 0) is 0 Å². The number of allylic oxidation sites excluding steroid dienone is 7. The van der Waals surface area contributed by atoms with Crippen LogP contribution < -0.4 is 0 Å². The standard InChI is InChI=1S/C45H84O7/c1-36(18-11-19-37(2)21-13-23-39(4)26-35-46)20-12-22-38(3)24-14-27-42(7,49)28-15-29-43(8,50)30-16-31-44(9,51)32-17-33-45(10,52)34-25-40(47)41(5,6)48/h18,21-22,26,40,46-52H,11-17,19-20,23-25,27-35H2,1-10H3. The Morgan fingerprint density at radius 1 is 0.442 bits per heavy atom. The first-order valence-electron chi connectivity index (χ1n) is 20.4. The van der Waals surface area contributed by atoms with Crippen LogP contribution in [0, 0.1) is 0 Å². The summed E-state index contributed by atoms with van der Waals surface area (Å²) in [6.45, 7) is 19.2. The van der Waals surface area contributed by atoms with Gasteiger partial charge < -0.3 is 35.7 Å². The van der Waals surface area contributed by atoms with Crippen molar-refractivity contribution in [2.45, 2.75) is 232 Å². The fourth-order valence-corrected chi connectivity index (χ4v) is 6.80. The van der Waals surface area contributed by atoms with Crippen molar-refractivity contribution >= 4 is 0 Å². The first-order valence-corrected chi connectivity index (χ1v) is 20.4. The largest absolute Gasteiger partial charge is 0.392 e. The van der Waals surface area contributed by atoms with E-state index in [2.05, 4.69) is 45.9 Å². The molecule has 0 aromatic heterocycles. The third-order valence-electron chi connectivity index (χ3n) is 10.9. The topological polar surface area (TPSA) is 142 Å². The molecule has 5 atom stereocenters. The van der Waals surface area contributed by atoms with Crippen molar-refractivity contribution in [1.29, 1.82) is 0 Å². The molecule has 0 aliphatic heterocycles. The number of hydrogen-bond acceptors (Lipinski definition) is 7. The van der Waals surface area contributed by atoms with Gasteiger partial charge in [-0.2, -0.15) is 0 Å². The van der Waals surface area contributed by atoms with Crippen LogP contribution in [0.3, 0.4) is 0 Å². The molecule has 0 saturated carbocycles. The lowest BCUT2D eigenvalue weighted by molar-refractivity contribution is -0.0649. The molecule has 0 radical (unpaired) electrons. The molecule has 0 fully saturated rings. The van der Waals surface area contributed by atoms with E-state index in [-0.39, 0.29) is 6.61 Å². The highest BCUT2D eigenvalue weighted by Crippen LogP contribution is 2.30. The third kappa shape index (κ3) is 28.2. The maximum atomic E-state index is 11.0. The lowest BCUT2D eigenvalue weighted by atomic mass is 9.84. The smallest absolute Gasteiger partial charge is 0.0849 e. The highest BCUT2D eigenvalue weighted by Gasteiger charge is 2.30. The normalized spacial score (nSPS) is 19.2. The Morgan fingerprint density at radius 2 is 0.731 bits per heavy atom. The van der Waals surface area contributed by atoms with Gasteiger partial charge >= 0.3 is 0 Å². The van der Waals surface area contributed by atoms with Crippen LogP contribution in [0.5, 0.6) is 0 Å². The Bertz CT molecular complexity index is 1090. The summed E-state index contributed by atoms with van der Waals surface area (Å²) < 4.78 is 0. The molecule has 0 bridgehead atoms. The molecule has 306 valence electrons. The number of rotatable bonds is 30. The molecule has 0 rings (SSSR count). The molecule has 7 heteroatoms. The average Bonchev–Trinajstić information content (AvgIpc) is 2.98. The fourth-order valence-electron chi connectivity index (χ4n) is 6.80. The molecule has 0 heterocycles. The molecular weight excluding hydrogens is 652 g/mol. The summed E-state index contributed by atoms with van der Waals surface area (Å²) in [5.41, 5.74) is 0.804. The van der Waals surface area contributed by atoms with Crippen molar-refractivity contribution in [3.8, 4) is 0 Å². The van der Waals surface area contributed by atoms with Crippen LogP contribution in [0.4, 0.5) is 0 Å². The van der Waals surface area contributed by atoms with E-state index in [0.717, 1.165) is 64.2 Å². The van der Waals surface area contributed by atoms with Gasteiger partial charge in [0, 0.05) is 0 Å². The zero-order chi connectivity index (χ0) is 40.1. The number of aliphatic hydroxyl groups excluding tert-OH is 2. The van der Waals surface area contributed by atoms with Crippen LogP contribution in [-0.4, -0.2) is 76.5 Å². The van der Waals surface area contributed by atoms with Crippen molar-refractivity contribution in [3.63, 3.8) is 0 Å². The Labute approximate surface area is 320 Å². The van der Waals surface area contributed by atoms with Gasteiger partial charge in [0.05, 0.1) is 40.7 Å². The van der Waals surface area contributed by atoms with Crippen LogP contribution in [0.1, 0.15) is 198 Å². The quantitative estimate of drug-likeness (QED) is 0.0364. The van der Waals surface area contributed by atoms with Crippen LogP contribution in [0.2, 0.25) is 0 Å². The number of aliphatic hydroxyl groups is 7. The zero-order valence-electron chi connectivity index (χ0n) is 35.4. The van der Waals surface area contributed by atoms with Crippen LogP contribution in [0.15, 0.2) is 46.6 Å². The maximum absolute atomic E-state index is 11.0. The average molecular weight is 737 g/mol. The van der Waals surface area contributed by atoms with E-state index >= 15 is 0 Å². The maximum Gasteiger partial charge on any atom is 0.0849 e.